The molecule has 7 heteroatoms. The van der Waals surface area contributed by atoms with E-state index in [1.54, 1.807) is 12.0 Å². The summed E-state index contributed by atoms with van der Waals surface area (Å²) in [4.78, 5) is 14.3. The third-order valence-electron chi connectivity index (χ3n) is 4.22. The number of nitrogens with zero attached hydrogens (tertiary/aromatic N) is 1. The van der Waals surface area contributed by atoms with Gasteiger partial charge in [0, 0.05) is 12.8 Å². The molecule has 0 aromatic heterocycles. The molecule has 1 aromatic carbocycles. The minimum absolute atomic E-state index is 0.0559. The van der Waals surface area contributed by atoms with Gasteiger partial charge in [0.1, 0.15) is 24.7 Å². The Morgan fingerprint density at radius 1 is 1.25 bits per heavy atom. The maximum absolute atomic E-state index is 12.6. The molecule has 3 rings (SSSR count). The van der Waals surface area contributed by atoms with Crippen LogP contribution in [0.3, 0.4) is 0 Å². The summed E-state index contributed by atoms with van der Waals surface area (Å²) in [6, 6.07) is 7.06. The lowest BCUT2D eigenvalue weighted by atomic mass is 9.91. The molecule has 0 unspecified atom stereocenters. The zero-order chi connectivity index (χ0) is 17.3. The molecule has 2 heterocycles. The number of carbonyl (C=O) groups excluding carboxylic acids is 1. The molecule has 0 bridgehead atoms. The number of hydrogen-bond acceptors (Lipinski definition) is 6. The number of β-lactam (4-membered cyclic amide) rings is 1. The predicted octanol–water partition coefficient (Wildman–Crippen LogP) is 1.55. The van der Waals surface area contributed by atoms with Crippen LogP contribution in [0.15, 0.2) is 24.3 Å². The number of rotatable bonds is 6. The number of benzene rings is 1. The van der Waals surface area contributed by atoms with Crippen molar-refractivity contribution >= 4 is 11.6 Å². The van der Waals surface area contributed by atoms with E-state index < -0.39 is 11.9 Å². The maximum Gasteiger partial charge on any atom is 0.258 e. The van der Waals surface area contributed by atoms with E-state index in [1.807, 2.05) is 38.1 Å². The standard InChI is InChI=1S/C17H23NO6/c1-17(2)23-9-13(24-17)14-15(22-10-20-3)16(19)18(14)11-5-7-12(21-4)8-6-11/h5-8,13-15H,9-10H2,1-4H3/t13-,14+,15-/m1/s1. The Morgan fingerprint density at radius 2 is 1.96 bits per heavy atom. The summed E-state index contributed by atoms with van der Waals surface area (Å²) in [5.41, 5.74) is 0.774. The lowest BCUT2D eigenvalue weighted by Crippen LogP contribution is -2.71. The van der Waals surface area contributed by atoms with Crippen LogP contribution in [0.25, 0.3) is 0 Å². The molecule has 2 saturated heterocycles. The number of amides is 1. The molecule has 0 radical (unpaired) electrons. The van der Waals surface area contributed by atoms with Gasteiger partial charge >= 0.3 is 0 Å². The molecule has 7 nitrogen and oxygen atoms in total. The molecular formula is C17H23NO6. The van der Waals surface area contributed by atoms with Crippen molar-refractivity contribution in [1.29, 1.82) is 0 Å². The van der Waals surface area contributed by atoms with E-state index in [4.69, 9.17) is 23.7 Å². The largest absolute Gasteiger partial charge is 0.497 e. The van der Waals surface area contributed by atoms with Crippen molar-refractivity contribution in [2.45, 2.75) is 37.9 Å². The first kappa shape index (κ1) is 17.2. The van der Waals surface area contributed by atoms with Crippen LogP contribution in [0, 0.1) is 0 Å². The molecule has 0 aliphatic carbocycles. The highest BCUT2D eigenvalue weighted by Gasteiger charge is 2.56. The van der Waals surface area contributed by atoms with Crippen LogP contribution < -0.4 is 9.64 Å². The first-order valence-corrected chi connectivity index (χ1v) is 7.86. The SMILES string of the molecule is COCO[C@H]1C(=O)N(c2ccc(OC)cc2)[C@H]1[C@H]1COC(C)(C)O1. The lowest BCUT2D eigenvalue weighted by molar-refractivity contribution is -0.172. The maximum atomic E-state index is 12.6. The van der Waals surface area contributed by atoms with Gasteiger partial charge in [-0.05, 0) is 38.1 Å². The Labute approximate surface area is 141 Å². The van der Waals surface area contributed by atoms with Crippen LogP contribution in [0.2, 0.25) is 0 Å². The molecule has 2 aliphatic rings. The fourth-order valence-electron chi connectivity index (χ4n) is 3.08. The van der Waals surface area contributed by atoms with E-state index >= 15 is 0 Å². The number of carbonyl (C=O) groups is 1. The molecule has 24 heavy (non-hydrogen) atoms. The highest BCUT2D eigenvalue weighted by molar-refractivity contribution is 6.05. The molecule has 132 valence electrons. The first-order valence-electron chi connectivity index (χ1n) is 7.86. The van der Waals surface area contributed by atoms with Crippen molar-refractivity contribution in [3.05, 3.63) is 24.3 Å². The van der Waals surface area contributed by atoms with Gasteiger partial charge in [-0.25, -0.2) is 0 Å². The topological polar surface area (TPSA) is 66.5 Å². The Bertz CT molecular complexity index is 587. The van der Waals surface area contributed by atoms with Crippen LogP contribution in [0.5, 0.6) is 5.75 Å². The minimum Gasteiger partial charge on any atom is -0.497 e. The average molecular weight is 337 g/mol. The Balaban J connectivity index is 1.82. The summed E-state index contributed by atoms with van der Waals surface area (Å²) < 4.78 is 27.3. The summed E-state index contributed by atoms with van der Waals surface area (Å²) in [6.07, 6.45) is -0.865. The van der Waals surface area contributed by atoms with Gasteiger partial charge in [0.2, 0.25) is 0 Å². The normalized spacial score (nSPS) is 28.8. The molecule has 0 saturated carbocycles. The second kappa shape index (κ2) is 6.68. The molecule has 3 atom stereocenters. The van der Waals surface area contributed by atoms with E-state index in [1.165, 1.54) is 7.11 Å². The van der Waals surface area contributed by atoms with E-state index in [9.17, 15) is 4.79 Å². The molecule has 1 aromatic rings. The Hall–Kier alpha value is -1.67. The third kappa shape index (κ3) is 3.12. The zero-order valence-electron chi connectivity index (χ0n) is 14.4. The molecule has 2 fully saturated rings. The van der Waals surface area contributed by atoms with Gasteiger partial charge in [-0.3, -0.25) is 4.79 Å². The number of methoxy groups -OCH3 is 2. The van der Waals surface area contributed by atoms with Gasteiger partial charge in [0.25, 0.3) is 5.91 Å². The number of hydrogen-bond donors (Lipinski definition) is 0. The van der Waals surface area contributed by atoms with Crippen LogP contribution in [-0.2, 0) is 23.7 Å². The third-order valence-corrected chi connectivity index (χ3v) is 4.22. The van der Waals surface area contributed by atoms with Crippen molar-refractivity contribution in [3.63, 3.8) is 0 Å². The zero-order valence-corrected chi connectivity index (χ0v) is 14.4. The van der Waals surface area contributed by atoms with Gasteiger partial charge in [-0.1, -0.05) is 0 Å². The summed E-state index contributed by atoms with van der Waals surface area (Å²) in [6.45, 7) is 4.18. The Kier molecular flexibility index (Phi) is 4.78. The second-order valence-corrected chi connectivity index (χ2v) is 6.26. The van der Waals surface area contributed by atoms with Crippen molar-refractivity contribution in [2.24, 2.45) is 0 Å². The van der Waals surface area contributed by atoms with E-state index in [-0.39, 0.29) is 24.8 Å². The molecule has 0 N–H and O–H groups in total. The summed E-state index contributed by atoms with van der Waals surface area (Å²) in [7, 11) is 3.13. The van der Waals surface area contributed by atoms with Gasteiger partial charge < -0.3 is 28.6 Å². The van der Waals surface area contributed by atoms with E-state index in [2.05, 4.69) is 0 Å². The van der Waals surface area contributed by atoms with E-state index in [0.717, 1.165) is 11.4 Å². The number of anilines is 1. The van der Waals surface area contributed by atoms with E-state index in [0.29, 0.717) is 6.61 Å². The van der Waals surface area contributed by atoms with Gasteiger partial charge in [0.05, 0.1) is 13.7 Å². The molecule has 1 amide bonds. The monoisotopic (exact) mass is 337 g/mol. The fourth-order valence-corrected chi connectivity index (χ4v) is 3.08. The second-order valence-electron chi connectivity index (χ2n) is 6.26. The molecule has 0 spiro atoms. The van der Waals surface area contributed by atoms with Crippen LogP contribution in [0.4, 0.5) is 5.69 Å². The van der Waals surface area contributed by atoms with Crippen molar-refractivity contribution in [2.75, 3.05) is 32.5 Å². The Morgan fingerprint density at radius 3 is 2.50 bits per heavy atom. The van der Waals surface area contributed by atoms with Crippen LogP contribution in [-0.4, -0.2) is 57.6 Å². The quantitative estimate of drug-likeness (QED) is 0.580. The van der Waals surface area contributed by atoms with Crippen LogP contribution in [0.1, 0.15) is 13.8 Å². The highest BCUT2D eigenvalue weighted by atomic mass is 16.7. The summed E-state index contributed by atoms with van der Waals surface area (Å²) in [5.74, 6) is -0.0479. The van der Waals surface area contributed by atoms with Crippen molar-refractivity contribution in [3.8, 4) is 5.75 Å². The summed E-state index contributed by atoms with van der Waals surface area (Å²) in [5, 5.41) is 0. The lowest BCUT2D eigenvalue weighted by Gasteiger charge is -2.48. The summed E-state index contributed by atoms with van der Waals surface area (Å²) >= 11 is 0. The fraction of sp³-hybridized carbons (Fsp3) is 0.588. The average Bonchev–Trinajstić information content (AvgIpc) is 2.92. The number of ether oxygens (including phenoxy) is 5. The van der Waals surface area contributed by atoms with Gasteiger partial charge in [0.15, 0.2) is 11.9 Å². The van der Waals surface area contributed by atoms with Gasteiger partial charge in [-0.2, -0.15) is 0 Å². The highest BCUT2D eigenvalue weighted by Crippen LogP contribution is 2.37. The van der Waals surface area contributed by atoms with Crippen molar-refractivity contribution in [1.82, 2.24) is 0 Å². The van der Waals surface area contributed by atoms with Gasteiger partial charge in [-0.15, -0.1) is 0 Å². The van der Waals surface area contributed by atoms with Crippen LogP contribution >= 0.6 is 0 Å². The minimum atomic E-state index is -0.666. The first-order chi connectivity index (χ1) is 11.5. The molecule has 2 aliphatic heterocycles. The molecular weight excluding hydrogens is 314 g/mol. The smallest absolute Gasteiger partial charge is 0.258 e. The van der Waals surface area contributed by atoms with Crippen molar-refractivity contribution < 1.29 is 28.5 Å². The predicted molar refractivity (Wildman–Crippen MR) is 85.9 cm³/mol.